The third-order valence-corrected chi connectivity index (χ3v) is 1.30. The van der Waals surface area contributed by atoms with Crippen molar-refractivity contribution in [3.63, 3.8) is 0 Å². The molecule has 0 fully saturated rings. The van der Waals surface area contributed by atoms with Crippen molar-refractivity contribution in [1.29, 1.82) is 0 Å². The first-order valence-electron chi connectivity index (χ1n) is 3.91. The molecule has 0 bridgehead atoms. The maximum absolute atomic E-state index is 4.51. The lowest BCUT2D eigenvalue weighted by molar-refractivity contribution is 0.214. The Hall–Kier alpha value is -0.790. The lowest BCUT2D eigenvalue weighted by atomic mass is 10.2. The van der Waals surface area contributed by atoms with Crippen molar-refractivity contribution in [2.75, 3.05) is 7.11 Å². The number of oxime groups is 1. The largest absolute Gasteiger partial charge is 0.399 e. The summed E-state index contributed by atoms with van der Waals surface area (Å²) in [6.07, 6.45) is 10.2. The molecule has 0 aromatic heterocycles. The number of rotatable bonds is 6. The van der Waals surface area contributed by atoms with Gasteiger partial charge in [-0.05, 0) is 32.6 Å². The maximum Gasteiger partial charge on any atom is 0.106 e. The second kappa shape index (κ2) is 9.21. The Balaban J connectivity index is 2.96. The fraction of sp³-hybridized carbons (Fsp3) is 0.556. The van der Waals surface area contributed by atoms with E-state index in [0.29, 0.717) is 0 Å². The van der Waals surface area contributed by atoms with Crippen LogP contribution in [0.4, 0.5) is 0 Å². The second-order valence-electron chi connectivity index (χ2n) is 2.23. The van der Waals surface area contributed by atoms with Crippen molar-refractivity contribution in [2.24, 2.45) is 5.16 Å². The predicted octanol–water partition coefficient (Wildman–Crippen LogP) is 2.57. The minimum absolute atomic E-state index is 0.999. The van der Waals surface area contributed by atoms with E-state index in [1.54, 1.807) is 13.3 Å². The maximum atomic E-state index is 4.51. The summed E-state index contributed by atoms with van der Waals surface area (Å²) < 4.78 is 0. The van der Waals surface area contributed by atoms with Gasteiger partial charge in [0.15, 0.2) is 0 Å². The van der Waals surface area contributed by atoms with Gasteiger partial charge in [0.25, 0.3) is 0 Å². The van der Waals surface area contributed by atoms with Crippen LogP contribution in [0.1, 0.15) is 25.7 Å². The Morgan fingerprint density at radius 2 is 2.09 bits per heavy atom. The summed E-state index contributed by atoms with van der Waals surface area (Å²) in [5.74, 6) is 0. The van der Waals surface area contributed by atoms with Crippen LogP contribution in [0.2, 0.25) is 0 Å². The molecule has 0 saturated carbocycles. The summed E-state index contributed by atoms with van der Waals surface area (Å²) in [4.78, 5) is 4.51. The molecule has 0 rings (SSSR count). The Morgan fingerprint density at radius 3 is 2.73 bits per heavy atom. The molecule has 0 saturated heterocycles. The number of hydrogen-bond donors (Lipinski definition) is 0. The number of nitrogens with zero attached hydrogens (tertiary/aromatic N) is 1. The first kappa shape index (κ1) is 10.2. The Labute approximate surface area is 68.9 Å². The van der Waals surface area contributed by atoms with E-state index >= 15 is 0 Å². The van der Waals surface area contributed by atoms with Gasteiger partial charge in [0, 0.05) is 6.21 Å². The molecule has 0 atom stereocenters. The molecule has 0 N–H and O–H groups in total. The molecule has 0 spiro atoms. The molecule has 1 radical (unpaired) electrons. The van der Waals surface area contributed by atoms with Crippen molar-refractivity contribution in [3.05, 3.63) is 19.1 Å². The Morgan fingerprint density at radius 1 is 1.36 bits per heavy atom. The minimum Gasteiger partial charge on any atom is -0.399 e. The van der Waals surface area contributed by atoms with Crippen LogP contribution in [0.3, 0.4) is 0 Å². The van der Waals surface area contributed by atoms with E-state index in [1.807, 2.05) is 6.08 Å². The summed E-state index contributed by atoms with van der Waals surface area (Å²) in [7, 11) is 1.56. The highest BCUT2D eigenvalue weighted by atomic mass is 16.6. The van der Waals surface area contributed by atoms with Gasteiger partial charge in [0.2, 0.25) is 0 Å². The summed E-state index contributed by atoms with van der Waals surface area (Å²) in [5, 5.41) is 3.63. The molecular formula is C9H16NO. The molecule has 0 aliphatic rings. The van der Waals surface area contributed by atoms with Gasteiger partial charge in [-0.25, -0.2) is 0 Å². The van der Waals surface area contributed by atoms with Gasteiger partial charge in [-0.15, -0.1) is 0 Å². The molecule has 0 aliphatic carbocycles. The van der Waals surface area contributed by atoms with Gasteiger partial charge in [0.05, 0.1) is 0 Å². The van der Waals surface area contributed by atoms with E-state index in [1.165, 1.54) is 6.42 Å². The van der Waals surface area contributed by atoms with E-state index in [2.05, 4.69) is 23.0 Å². The van der Waals surface area contributed by atoms with Crippen molar-refractivity contribution >= 4 is 6.21 Å². The van der Waals surface area contributed by atoms with E-state index in [-0.39, 0.29) is 0 Å². The average Bonchev–Trinajstić information content (AvgIpc) is 2.03. The average molecular weight is 154 g/mol. The summed E-state index contributed by atoms with van der Waals surface area (Å²) in [6.45, 7) is 3.61. The molecule has 0 aromatic carbocycles. The van der Waals surface area contributed by atoms with Gasteiger partial charge < -0.3 is 4.84 Å². The molecule has 0 amide bonds. The molecule has 0 aliphatic heterocycles. The van der Waals surface area contributed by atoms with Crippen LogP contribution in [0, 0.1) is 6.92 Å². The fourth-order valence-electron chi connectivity index (χ4n) is 0.743. The van der Waals surface area contributed by atoms with Gasteiger partial charge in [-0.2, -0.15) is 0 Å². The predicted molar refractivity (Wildman–Crippen MR) is 48.5 cm³/mol. The van der Waals surface area contributed by atoms with Crippen LogP contribution in [0.5, 0.6) is 0 Å². The molecule has 0 unspecified atom stereocenters. The molecule has 0 heterocycles. The highest BCUT2D eigenvalue weighted by molar-refractivity contribution is 5.55. The highest BCUT2D eigenvalue weighted by Gasteiger charge is 1.82. The lowest BCUT2D eigenvalue weighted by Crippen LogP contribution is -1.78. The Bertz CT molecular complexity index is 119. The van der Waals surface area contributed by atoms with Crippen LogP contribution < -0.4 is 0 Å². The molecule has 11 heavy (non-hydrogen) atoms. The molecule has 63 valence electrons. The first-order chi connectivity index (χ1) is 5.41. The van der Waals surface area contributed by atoms with Crippen LogP contribution in [-0.2, 0) is 4.84 Å². The lowest BCUT2D eigenvalue weighted by Gasteiger charge is -1.91. The van der Waals surface area contributed by atoms with E-state index in [9.17, 15) is 0 Å². The standard InChI is InChI=1S/C9H16NO/c1-3-4-5-6-7-8-9-10-11-2/h3-4,9H,1,5-8H2,2H3. The monoisotopic (exact) mass is 154 g/mol. The van der Waals surface area contributed by atoms with Crippen molar-refractivity contribution in [3.8, 4) is 0 Å². The summed E-state index contributed by atoms with van der Waals surface area (Å²) in [6, 6.07) is 0. The van der Waals surface area contributed by atoms with E-state index in [4.69, 9.17) is 0 Å². The van der Waals surface area contributed by atoms with Gasteiger partial charge in [-0.3, -0.25) is 0 Å². The van der Waals surface area contributed by atoms with Crippen molar-refractivity contribution in [2.45, 2.75) is 25.7 Å². The highest BCUT2D eigenvalue weighted by Crippen LogP contribution is 1.98. The summed E-state index contributed by atoms with van der Waals surface area (Å²) in [5.41, 5.74) is 0. The zero-order valence-corrected chi connectivity index (χ0v) is 7.12. The SMILES string of the molecule is [CH2]C=CCCCCC=NOC. The summed E-state index contributed by atoms with van der Waals surface area (Å²) >= 11 is 0. The zero-order chi connectivity index (χ0) is 8.36. The third kappa shape index (κ3) is 9.21. The first-order valence-corrected chi connectivity index (χ1v) is 3.91. The van der Waals surface area contributed by atoms with Crippen molar-refractivity contribution < 1.29 is 4.84 Å². The number of allylic oxidation sites excluding steroid dienone is 2. The van der Waals surface area contributed by atoms with E-state index < -0.39 is 0 Å². The molecule has 2 nitrogen and oxygen atoms in total. The molecular weight excluding hydrogens is 138 g/mol. The van der Waals surface area contributed by atoms with Crippen LogP contribution in [0.25, 0.3) is 0 Å². The number of hydrogen-bond acceptors (Lipinski definition) is 2. The molecule has 0 aromatic rings. The van der Waals surface area contributed by atoms with Crippen LogP contribution in [0.15, 0.2) is 17.3 Å². The smallest absolute Gasteiger partial charge is 0.106 e. The van der Waals surface area contributed by atoms with E-state index in [0.717, 1.165) is 19.3 Å². The Kier molecular flexibility index (Phi) is 8.55. The topological polar surface area (TPSA) is 21.6 Å². The molecule has 2 heteroatoms. The third-order valence-electron chi connectivity index (χ3n) is 1.30. The van der Waals surface area contributed by atoms with Gasteiger partial charge in [-0.1, -0.05) is 17.3 Å². The van der Waals surface area contributed by atoms with Gasteiger partial charge >= 0.3 is 0 Å². The fourth-order valence-corrected chi connectivity index (χ4v) is 0.743. The van der Waals surface area contributed by atoms with Crippen molar-refractivity contribution in [1.82, 2.24) is 0 Å². The normalized spacial score (nSPS) is 11.5. The quantitative estimate of drug-likeness (QED) is 0.327. The minimum atomic E-state index is 0.999. The zero-order valence-electron chi connectivity index (χ0n) is 7.12. The second-order valence-corrected chi connectivity index (χ2v) is 2.23. The number of unbranched alkanes of at least 4 members (excludes halogenated alkanes) is 3. The van der Waals surface area contributed by atoms with Gasteiger partial charge in [0.1, 0.15) is 7.11 Å². The van der Waals surface area contributed by atoms with Crippen LogP contribution >= 0.6 is 0 Å². The van der Waals surface area contributed by atoms with Crippen LogP contribution in [-0.4, -0.2) is 13.3 Å².